The van der Waals surface area contributed by atoms with Crippen molar-refractivity contribution in [2.24, 2.45) is 0 Å². The van der Waals surface area contributed by atoms with Gasteiger partial charge in [-0.1, -0.05) is 17.7 Å². The van der Waals surface area contributed by atoms with Gasteiger partial charge in [0.05, 0.1) is 5.02 Å². The molecule has 0 saturated heterocycles. The first-order chi connectivity index (χ1) is 5.65. The van der Waals surface area contributed by atoms with Crippen LogP contribution < -0.4 is 0 Å². The predicted octanol–water partition coefficient (Wildman–Crippen LogP) is 2.91. The largest absolute Gasteiger partial charge is 0.506 e. The minimum Gasteiger partial charge on any atom is -0.506 e. The van der Waals surface area contributed by atoms with E-state index in [0.717, 1.165) is 6.07 Å². The number of hydrogen-bond acceptors (Lipinski definition) is 1. The Morgan fingerprint density at radius 2 is 2.25 bits per heavy atom. The summed E-state index contributed by atoms with van der Waals surface area (Å²) in [5, 5.41) is 9.16. The van der Waals surface area contributed by atoms with Gasteiger partial charge >= 0.3 is 0 Å². The third-order valence-corrected chi connectivity index (χ3v) is 1.78. The summed E-state index contributed by atoms with van der Waals surface area (Å²) in [7, 11) is 0. The summed E-state index contributed by atoms with van der Waals surface area (Å²) in [6.45, 7) is 3.48. The van der Waals surface area contributed by atoms with Crippen LogP contribution in [-0.4, -0.2) is 5.11 Å². The van der Waals surface area contributed by atoms with Crippen LogP contribution in [0.4, 0.5) is 4.39 Å². The summed E-state index contributed by atoms with van der Waals surface area (Å²) >= 11 is 5.57. The van der Waals surface area contributed by atoms with Crippen molar-refractivity contribution in [3.63, 3.8) is 0 Å². The quantitative estimate of drug-likeness (QED) is 0.705. The SMILES string of the molecule is C=CCc1cc(Cl)c(O)cc1F. The first-order valence-corrected chi connectivity index (χ1v) is 3.80. The molecule has 3 heteroatoms. The van der Waals surface area contributed by atoms with Crippen molar-refractivity contribution in [2.75, 3.05) is 0 Å². The average Bonchev–Trinajstić information content (AvgIpc) is 2.01. The number of hydrogen-bond donors (Lipinski definition) is 1. The highest BCUT2D eigenvalue weighted by atomic mass is 35.5. The zero-order valence-corrected chi connectivity index (χ0v) is 7.11. The van der Waals surface area contributed by atoms with Crippen molar-refractivity contribution in [3.8, 4) is 5.75 Å². The van der Waals surface area contributed by atoms with Gasteiger partial charge < -0.3 is 5.11 Å². The van der Waals surface area contributed by atoms with Crippen molar-refractivity contribution < 1.29 is 9.50 Å². The highest BCUT2D eigenvalue weighted by molar-refractivity contribution is 6.32. The van der Waals surface area contributed by atoms with Gasteiger partial charge in [-0.15, -0.1) is 6.58 Å². The second kappa shape index (κ2) is 3.59. The monoisotopic (exact) mass is 186 g/mol. The zero-order chi connectivity index (χ0) is 9.14. The van der Waals surface area contributed by atoms with Crippen LogP contribution in [0.25, 0.3) is 0 Å². The molecule has 12 heavy (non-hydrogen) atoms. The third-order valence-electron chi connectivity index (χ3n) is 1.48. The molecular formula is C9H8ClFO. The van der Waals surface area contributed by atoms with E-state index < -0.39 is 5.82 Å². The van der Waals surface area contributed by atoms with E-state index in [4.69, 9.17) is 16.7 Å². The molecule has 0 amide bonds. The summed E-state index contributed by atoms with van der Waals surface area (Å²) < 4.78 is 13.0. The van der Waals surface area contributed by atoms with Crippen LogP contribution in [0.1, 0.15) is 5.56 Å². The Labute approximate surface area is 75.1 Å². The Morgan fingerprint density at radius 1 is 1.58 bits per heavy atom. The van der Waals surface area contributed by atoms with Crippen molar-refractivity contribution in [2.45, 2.75) is 6.42 Å². The van der Waals surface area contributed by atoms with Crippen LogP contribution >= 0.6 is 11.6 Å². The molecule has 1 rings (SSSR count). The van der Waals surface area contributed by atoms with E-state index in [0.29, 0.717) is 12.0 Å². The fourth-order valence-corrected chi connectivity index (χ4v) is 1.08. The molecule has 0 spiro atoms. The number of phenols is 1. The van der Waals surface area contributed by atoms with Crippen LogP contribution in [-0.2, 0) is 6.42 Å². The standard InChI is InChI=1S/C9H8ClFO/c1-2-3-6-4-7(10)9(12)5-8(6)11/h2,4-5,12H,1,3H2. The van der Waals surface area contributed by atoms with Crippen LogP contribution in [0, 0.1) is 5.82 Å². The lowest BCUT2D eigenvalue weighted by Crippen LogP contribution is -1.87. The number of rotatable bonds is 2. The smallest absolute Gasteiger partial charge is 0.137 e. The molecule has 1 N–H and O–H groups in total. The highest BCUT2D eigenvalue weighted by Gasteiger charge is 2.05. The molecule has 0 aromatic heterocycles. The molecule has 1 nitrogen and oxygen atoms in total. The normalized spacial score (nSPS) is 9.83. The summed E-state index contributed by atoms with van der Waals surface area (Å²) in [5.41, 5.74) is 0.438. The molecule has 0 radical (unpaired) electrons. The summed E-state index contributed by atoms with van der Waals surface area (Å²) in [5.74, 6) is -0.696. The summed E-state index contributed by atoms with van der Waals surface area (Å²) in [6.07, 6.45) is 1.98. The van der Waals surface area contributed by atoms with E-state index >= 15 is 0 Å². The molecule has 1 aromatic carbocycles. The molecule has 0 heterocycles. The van der Waals surface area contributed by atoms with Crippen molar-refractivity contribution >= 4 is 11.6 Å². The van der Waals surface area contributed by atoms with E-state index in [2.05, 4.69) is 6.58 Å². The molecule has 0 fully saturated rings. The van der Waals surface area contributed by atoms with Gasteiger partial charge in [0.15, 0.2) is 0 Å². The number of aromatic hydroxyl groups is 1. The first kappa shape index (κ1) is 9.07. The van der Waals surface area contributed by atoms with Crippen LogP contribution in [0.5, 0.6) is 5.75 Å². The lowest BCUT2D eigenvalue weighted by Gasteiger charge is -2.01. The maximum atomic E-state index is 13.0. The second-order valence-electron chi connectivity index (χ2n) is 2.39. The van der Waals surface area contributed by atoms with Gasteiger partial charge in [-0.3, -0.25) is 0 Å². The molecule has 0 saturated carbocycles. The van der Waals surface area contributed by atoms with Crippen LogP contribution in [0.3, 0.4) is 0 Å². The predicted molar refractivity (Wildman–Crippen MR) is 47.0 cm³/mol. The van der Waals surface area contributed by atoms with Gasteiger partial charge in [-0.2, -0.15) is 0 Å². The molecule has 0 atom stereocenters. The molecule has 64 valence electrons. The highest BCUT2D eigenvalue weighted by Crippen LogP contribution is 2.26. The van der Waals surface area contributed by atoms with Crippen LogP contribution in [0.15, 0.2) is 24.8 Å². The van der Waals surface area contributed by atoms with E-state index in [1.165, 1.54) is 6.07 Å². The Balaban J connectivity index is 3.13. The molecule has 0 aliphatic heterocycles. The van der Waals surface area contributed by atoms with Gasteiger partial charge in [0.2, 0.25) is 0 Å². The Kier molecular flexibility index (Phi) is 2.71. The molecule has 0 bridgehead atoms. The molecular weight excluding hydrogens is 179 g/mol. The van der Waals surface area contributed by atoms with Gasteiger partial charge in [0.25, 0.3) is 0 Å². The number of phenolic OH excluding ortho intramolecular Hbond substituents is 1. The molecule has 0 aliphatic rings. The Bertz CT molecular complexity index is 310. The van der Waals surface area contributed by atoms with Gasteiger partial charge in [-0.05, 0) is 18.1 Å². The first-order valence-electron chi connectivity index (χ1n) is 3.43. The fourth-order valence-electron chi connectivity index (χ4n) is 0.889. The second-order valence-corrected chi connectivity index (χ2v) is 2.80. The number of allylic oxidation sites excluding steroid dienone is 1. The zero-order valence-electron chi connectivity index (χ0n) is 6.35. The van der Waals surface area contributed by atoms with E-state index in [1.54, 1.807) is 6.08 Å². The Hall–Kier alpha value is -1.02. The number of halogens is 2. The minimum atomic E-state index is -0.461. The van der Waals surface area contributed by atoms with E-state index in [-0.39, 0.29) is 10.8 Å². The summed E-state index contributed by atoms with van der Waals surface area (Å²) in [6, 6.07) is 2.40. The third kappa shape index (κ3) is 1.77. The average molecular weight is 187 g/mol. The number of benzene rings is 1. The Morgan fingerprint density at radius 3 is 2.83 bits per heavy atom. The van der Waals surface area contributed by atoms with Gasteiger partial charge in [-0.25, -0.2) is 4.39 Å². The van der Waals surface area contributed by atoms with Gasteiger partial charge in [0.1, 0.15) is 11.6 Å². The maximum absolute atomic E-state index is 13.0. The lowest BCUT2D eigenvalue weighted by atomic mass is 10.1. The topological polar surface area (TPSA) is 20.2 Å². The van der Waals surface area contributed by atoms with Crippen molar-refractivity contribution in [3.05, 3.63) is 41.2 Å². The van der Waals surface area contributed by atoms with Crippen LogP contribution in [0.2, 0.25) is 5.02 Å². The molecule has 0 unspecified atom stereocenters. The van der Waals surface area contributed by atoms with E-state index in [9.17, 15) is 4.39 Å². The molecule has 1 aromatic rings. The summed E-state index contributed by atoms with van der Waals surface area (Å²) in [4.78, 5) is 0. The lowest BCUT2D eigenvalue weighted by molar-refractivity contribution is 0.468. The van der Waals surface area contributed by atoms with Crippen molar-refractivity contribution in [1.29, 1.82) is 0 Å². The molecule has 0 aliphatic carbocycles. The van der Waals surface area contributed by atoms with Crippen molar-refractivity contribution in [1.82, 2.24) is 0 Å². The fraction of sp³-hybridized carbons (Fsp3) is 0.111. The van der Waals surface area contributed by atoms with E-state index in [1.807, 2.05) is 0 Å². The van der Waals surface area contributed by atoms with Gasteiger partial charge in [0, 0.05) is 6.07 Å². The minimum absolute atomic E-state index is 0.160. The maximum Gasteiger partial charge on any atom is 0.137 e.